The highest BCUT2D eigenvalue weighted by molar-refractivity contribution is 7.99. The molecule has 0 aliphatic carbocycles. The number of rotatable bonds is 5. The Morgan fingerprint density at radius 3 is 2.45 bits per heavy atom. The van der Waals surface area contributed by atoms with Gasteiger partial charge in [0.1, 0.15) is 5.82 Å². The summed E-state index contributed by atoms with van der Waals surface area (Å²) >= 11 is 1.68. The van der Waals surface area contributed by atoms with Crippen LogP contribution < -0.4 is 0 Å². The minimum atomic E-state index is -0.247. The standard InChI is InChI=1S/C17H16FN3S/c1-21-16(14-7-9-15(18)10-8-14)19-20-17(21)22-12-11-13-5-3-2-4-6-13/h2-10H,11-12H2,1H3. The van der Waals surface area contributed by atoms with Crippen molar-refractivity contribution < 1.29 is 4.39 Å². The van der Waals surface area contributed by atoms with Gasteiger partial charge in [0.2, 0.25) is 0 Å². The molecule has 0 saturated carbocycles. The first-order valence-electron chi connectivity index (χ1n) is 7.06. The summed E-state index contributed by atoms with van der Waals surface area (Å²) in [6.07, 6.45) is 0.990. The molecule has 0 unspecified atom stereocenters. The average Bonchev–Trinajstić information content (AvgIpc) is 2.90. The molecule has 0 N–H and O–H groups in total. The molecule has 0 radical (unpaired) electrons. The highest BCUT2D eigenvalue weighted by atomic mass is 32.2. The Morgan fingerprint density at radius 1 is 1.00 bits per heavy atom. The minimum absolute atomic E-state index is 0.247. The molecule has 22 heavy (non-hydrogen) atoms. The maximum Gasteiger partial charge on any atom is 0.191 e. The fraction of sp³-hybridized carbons (Fsp3) is 0.176. The molecule has 1 aromatic heterocycles. The summed E-state index contributed by atoms with van der Waals surface area (Å²) < 4.78 is 14.9. The second-order valence-electron chi connectivity index (χ2n) is 4.96. The van der Waals surface area contributed by atoms with Crippen LogP contribution in [-0.2, 0) is 13.5 Å². The summed E-state index contributed by atoms with van der Waals surface area (Å²) in [7, 11) is 1.93. The van der Waals surface area contributed by atoms with Crippen LogP contribution in [0.25, 0.3) is 11.4 Å². The van der Waals surface area contributed by atoms with E-state index in [1.165, 1.54) is 17.7 Å². The lowest BCUT2D eigenvalue weighted by Crippen LogP contribution is -1.96. The number of hydrogen-bond donors (Lipinski definition) is 0. The van der Waals surface area contributed by atoms with E-state index < -0.39 is 0 Å². The third kappa shape index (κ3) is 3.36. The molecule has 3 rings (SSSR count). The van der Waals surface area contributed by atoms with Crippen molar-refractivity contribution in [1.29, 1.82) is 0 Å². The smallest absolute Gasteiger partial charge is 0.191 e. The normalized spacial score (nSPS) is 10.8. The predicted molar refractivity (Wildman–Crippen MR) is 87.3 cm³/mol. The van der Waals surface area contributed by atoms with Gasteiger partial charge in [-0.2, -0.15) is 0 Å². The van der Waals surface area contributed by atoms with E-state index in [0.717, 1.165) is 28.7 Å². The number of thioether (sulfide) groups is 1. The molecule has 0 bridgehead atoms. The van der Waals surface area contributed by atoms with E-state index >= 15 is 0 Å². The van der Waals surface area contributed by atoms with Gasteiger partial charge in [0.15, 0.2) is 11.0 Å². The summed E-state index contributed by atoms with van der Waals surface area (Å²) in [6, 6.07) is 16.7. The maximum absolute atomic E-state index is 13.0. The molecule has 0 saturated heterocycles. The second kappa shape index (κ2) is 6.75. The van der Waals surface area contributed by atoms with Crippen LogP contribution in [0.3, 0.4) is 0 Å². The molecular formula is C17H16FN3S. The van der Waals surface area contributed by atoms with Gasteiger partial charge in [-0.3, -0.25) is 0 Å². The van der Waals surface area contributed by atoms with Crippen molar-refractivity contribution in [3.8, 4) is 11.4 Å². The van der Waals surface area contributed by atoms with E-state index in [1.807, 2.05) is 17.7 Å². The van der Waals surface area contributed by atoms with Gasteiger partial charge in [0.25, 0.3) is 0 Å². The van der Waals surface area contributed by atoms with E-state index in [-0.39, 0.29) is 5.82 Å². The van der Waals surface area contributed by atoms with Crippen molar-refractivity contribution in [3.63, 3.8) is 0 Å². The van der Waals surface area contributed by atoms with Crippen LogP contribution in [0, 0.1) is 5.82 Å². The van der Waals surface area contributed by atoms with Gasteiger partial charge in [-0.1, -0.05) is 42.1 Å². The third-order valence-corrected chi connectivity index (χ3v) is 4.42. The fourth-order valence-corrected chi connectivity index (χ4v) is 3.09. The topological polar surface area (TPSA) is 30.7 Å². The van der Waals surface area contributed by atoms with Crippen molar-refractivity contribution in [2.45, 2.75) is 11.6 Å². The van der Waals surface area contributed by atoms with E-state index in [4.69, 9.17) is 0 Å². The zero-order chi connectivity index (χ0) is 15.4. The quantitative estimate of drug-likeness (QED) is 0.668. The Labute approximate surface area is 133 Å². The first-order valence-corrected chi connectivity index (χ1v) is 8.04. The first kappa shape index (κ1) is 14.8. The number of nitrogens with zero attached hydrogens (tertiary/aromatic N) is 3. The highest BCUT2D eigenvalue weighted by Crippen LogP contribution is 2.23. The van der Waals surface area contributed by atoms with E-state index in [2.05, 4.69) is 34.5 Å². The summed E-state index contributed by atoms with van der Waals surface area (Å²) in [6.45, 7) is 0. The molecule has 112 valence electrons. The Balaban J connectivity index is 1.67. The molecule has 1 heterocycles. The highest BCUT2D eigenvalue weighted by Gasteiger charge is 2.11. The predicted octanol–water partition coefficient (Wildman–Crippen LogP) is 3.96. The largest absolute Gasteiger partial charge is 0.305 e. The molecule has 2 aromatic carbocycles. The molecule has 3 aromatic rings. The molecular weight excluding hydrogens is 297 g/mol. The van der Waals surface area contributed by atoms with Crippen LogP contribution in [0.2, 0.25) is 0 Å². The average molecular weight is 313 g/mol. The second-order valence-corrected chi connectivity index (χ2v) is 6.02. The molecule has 5 heteroatoms. The van der Waals surface area contributed by atoms with Crippen molar-refractivity contribution in [1.82, 2.24) is 14.8 Å². The number of aryl methyl sites for hydroxylation is 1. The Kier molecular flexibility index (Phi) is 4.53. The molecule has 0 spiro atoms. The van der Waals surface area contributed by atoms with Crippen LogP contribution in [-0.4, -0.2) is 20.5 Å². The zero-order valence-corrected chi connectivity index (χ0v) is 13.1. The van der Waals surface area contributed by atoms with Crippen LogP contribution >= 0.6 is 11.8 Å². The Bertz CT molecular complexity index is 738. The Morgan fingerprint density at radius 2 is 1.73 bits per heavy atom. The number of benzene rings is 2. The van der Waals surface area contributed by atoms with Gasteiger partial charge in [0.05, 0.1) is 0 Å². The van der Waals surface area contributed by atoms with E-state index in [0.29, 0.717) is 0 Å². The third-order valence-electron chi connectivity index (χ3n) is 3.40. The van der Waals surface area contributed by atoms with Crippen LogP contribution in [0.5, 0.6) is 0 Å². The first-order chi connectivity index (χ1) is 10.7. The maximum atomic E-state index is 13.0. The van der Waals surface area contributed by atoms with Gasteiger partial charge < -0.3 is 4.57 Å². The molecule has 0 amide bonds. The lowest BCUT2D eigenvalue weighted by molar-refractivity contribution is 0.628. The molecule has 0 atom stereocenters. The Hall–Kier alpha value is -2.14. The minimum Gasteiger partial charge on any atom is -0.305 e. The summed E-state index contributed by atoms with van der Waals surface area (Å²) in [4.78, 5) is 0. The summed E-state index contributed by atoms with van der Waals surface area (Å²) in [5, 5.41) is 9.31. The molecule has 0 aliphatic rings. The van der Waals surface area contributed by atoms with Crippen LogP contribution in [0.1, 0.15) is 5.56 Å². The van der Waals surface area contributed by atoms with Gasteiger partial charge in [0, 0.05) is 18.4 Å². The number of hydrogen-bond acceptors (Lipinski definition) is 3. The van der Waals surface area contributed by atoms with Gasteiger partial charge in [-0.15, -0.1) is 10.2 Å². The SMILES string of the molecule is Cn1c(SCCc2ccccc2)nnc1-c1ccc(F)cc1. The zero-order valence-electron chi connectivity index (χ0n) is 12.2. The lowest BCUT2D eigenvalue weighted by Gasteiger charge is -2.04. The number of aromatic nitrogens is 3. The van der Waals surface area contributed by atoms with E-state index in [1.54, 1.807) is 23.9 Å². The van der Waals surface area contributed by atoms with Gasteiger partial charge in [-0.25, -0.2) is 4.39 Å². The molecule has 0 aliphatic heterocycles. The van der Waals surface area contributed by atoms with Crippen LogP contribution in [0.15, 0.2) is 59.8 Å². The van der Waals surface area contributed by atoms with Crippen LogP contribution in [0.4, 0.5) is 4.39 Å². The van der Waals surface area contributed by atoms with E-state index in [9.17, 15) is 4.39 Å². The van der Waals surface area contributed by atoms with Crippen molar-refractivity contribution in [2.75, 3.05) is 5.75 Å². The molecule has 3 nitrogen and oxygen atoms in total. The summed E-state index contributed by atoms with van der Waals surface area (Å²) in [5.41, 5.74) is 2.18. The van der Waals surface area contributed by atoms with Crippen molar-refractivity contribution in [3.05, 3.63) is 66.0 Å². The van der Waals surface area contributed by atoms with Crippen molar-refractivity contribution >= 4 is 11.8 Å². The van der Waals surface area contributed by atoms with Crippen molar-refractivity contribution in [2.24, 2.45) is 7.05 Å². The van der Waals surface area contributed by atoms with Gasteiger partial charge >= 0.3 is 0 Å². The summed E-state index contributed by atoms with van der Waals surface area (Å²) in [5.74, 6) is 1.45. The van der Waals surface area contributed by atoms with Gasteiger partial charge in [-0.05, 0) is 36.2 Å². The number of halogens is 1. The molecule has 0 fully saturated rings. The monoisotopic (exact) mass is 313 g/mol. The lowest BCUT2D eigenvalue weighted by atomic mass is 10.2. The fourth-order valence-electron chi connectivity index (χ4n) is 2.20.